The van der Waals surface area contributed by atoms with Crippen LogP contribution < -0.4 is 11.1 Å². The Labute approximate surface area is 91.5 Å². The molecule has 0 aliphatic carbocycles. The van der Waals surface area contributed by atoms with Crippen molar-refractivity contribution < 1.29 is 9.53 Å². The molecule has 1 aliphatic heterocycles. The lowest BCUT2D eigenvalue weighted by Crippen LogP contribution is -2.32. The van der Waals surface area contributed by atoms with E-state index in [9.17, 15) is 4.79 Å². The molecule has 1 heterocycles. The van der Waals surface area contributed by atoms with Gasteiger partial charge < -0.3 is 15.8 Å². The summed E-state index contributed by atoms with van der Waals surface area (Å²) >= 11 is 0. The second-order valence-electron chi connectivity index (χ2n) is 4.11. The molecule has 1 aliphatic rings. The SMILES string of the molecule is NCCCCC(=O)NCC1CCOCC1. The summed E-state index contributed by atoms with van der Waals surface area (Å²) in [4.78, 5) is 11.4. The van der Waals surface area contributed by atoms with Gasteiger partial charge in [-0.05, 0) is 38.1 Å². The van der Waals surface area contributed by atoms with Crippen molar-refractivity contribution >= 4 is 5.91 Å². The van der Waals surface area contributed by atoms with Crippen LogP contribution in [0.15, 0.2) is 0 Å². The molecule has 0 aromatic rings. The van der Waals surface area contributed by atoms with Crippen LogP contribution in [0.5, 0.6) is 0 Å². The first-order valence-corrected chi connectivity index (χ1v) is 5.87. The topological polar surface area (TPSA) is 64.4 Å². The Hall–Kier alpha value is -0.610. The van der Waals surface area contributed by atoms with E-state index in [4.69, 9.17) is 10.5 Å². The summed E-state index contributed by atoms with van der Waals surface area (Å²) in [6.45, 7) is 3.17. The highest BCUT2D eigenvalue weighted by atomic mass is 16.5. The highest BCUT2D eigenvalue weighted by Gasteiger charge is 2.14. The van der Waals surface area contributed by atoms with Crippen molar-refractivity contribution in [2.75, 3.05) is 26.3 Å². The molecule has 0 radical (unpaired) electrons. The van der Waals surface area contributed by atoms with Crippen LogP contribution in [0.25, 0.3) is 0 Å². The van der Waals surface area contributed by atoms with Gasteiger partial charge >= 0.3 is 0 Å². The lowest BCUT2D eigenvalue weighted by atomic mass is 10.0. The van der Waals surface area contributed by atoms with E-state index >= 15 is 0 Å². The van der Waals surface area contributed by atoms with Crippen molar-refractivity contribution in [3.8, 4) is 0 Å². The van der Waals surface area contributed by atoms with Crippen LogP contribution in [0.3, 0.4) is 0 Å². The second-order valence-corrected chi connectivity index (χ2v) is 4.11. The Morgan fingerprint density at radius 2 is 2.07 bits per heavy atom. The van der Waals surface area contributed by atoms with E-state index in [0.29, 0.717) is 18.9 Å². The van der Waals surface area contributed by atoms with E-state index < -0.39 is 0 Å². The molecule has 1 amide bonds. The molecule has 4 heteroatoms. The summed E-state index contributed by atoms with van der Waals surface area (Å²) in [5.41, 5.74) is 5.36. The number of amides is 1. The van der Waals surface area contributed by atoms with Gasteiger partial charge in [0.1, 0.15) is 0 Å². The molecular formula is C11H22N2O2. The molecule has 0 atom stereocenters. The molecule has 15 heavy (non-hydrogen) atoms. The third kappa shape index (κ3) is 5.74. The van der Waals surface area contributed by atoms with Crippen LogP contribution in [0.4, 0.5) is 0 Å². The minimum absolute atomic E-state index is 0.162. The Morgan fingerprint density at radius 1 is 1.33 bits per heavy atom. The highest BCUT2D eigenvalue weighted by molar-refractivity contribution is 5.75. The minimum Gasteiger partial charge on any atom is -0.381 e. The molecule has 1 rings (SSSR count). The third-order valence-corrected chi connectivity index (χ3v) is 2.79. The predicted molar refractivity (Wildman–Crippen MR) is 59.5 cm³/mol. The van der Waals surface area contributed by atoms with Crippen molar-refractivity contribution in [2.24, 2.45) is 11.7 Å². The molecule has 0 saturated carbocycles. The quantitative estimate of drug-likeness (QED) is 0.638. The standard InChI is InChI=1S/C11H22N2O2/c12-6-2-1-3-11(14)13-9-10-4-7-15-8-5-10/h10H,1-9,12H2,(H,13,14). The maximum absolute atomic E-state index is 11.4. The molecule has 3 N–H and O–H groups in total. The van der Waals surface area contributed by atoms with Crippen LogP contribution in [0, 0.1) is 5.92 Å². The van der Waals surface area contributed by atoms with Gasteiger partial charge in [-0.15, -0.1) is 0 Å². The molecule has 0 aromatic heterocycles. The predicted octanol–water partition coefficient (Wildman–Crippen LogP) is 0.658. The van der Waals surface area contributed by atoms with Crippen LogP contribution in [-0.4, -0.2) is 32.2 Å². The van der Waals surface area contributed by atoms with Crippen LogP contribution >= 0.6 is 0 Å². The summed E-state index contributed by atoms with van der Waals surface area (Å²) in [5.74, 6) is 0.771. The van der Waals surface area contributed by atoms with Gasteiger partial charge in [-0.1, -0.05) is 0 Å². The Morgan fingerprint density at radius 3 is 2.73 bits per heavy atom. The number of hydrogen-bond donors (Lipinski definition) is 2. The van der Waals surface area contributed by atoms with Crippen molar-refractivity contribution in [1.82, 2.24) is 5.32 Å². The van der Waals surface area contributed by atoms with Gasteiger partial charge in [0.05, 0.1) is 0 Å². The second kappa shape index (κ2) is 7.65. The smallest absolute Gasteiger partial charge is 0.220 e. The Bertz CT molecular complexity index is 179. The Kier molecular flexibility index (Phi) is 6.36. The van der Waals surface area contributed by atoms with Gasteiger partial charge in [0.15, 0.2) is 0 Å². The van der Waals surface area contributed by atoms with Crippen LogP contribution in [0.2, 0.25) is 0 Å². The van der Waals surface area contributed by atoms with E-state index in [1.54, 1.807) is 0 Å². The average molecular weight is 214 g/mol. The van der Waals surface area contributed by atoms with E-state index in [1.807, 2.05) is 0 Å². The third-order valence-electron chi connectivity index (χ3n) is 2.79. The molecule has 88 valence electrons. The summed E-state index contributed by atoms with van der Waals surface area (Å²) in [6, 6.07) is 0. The number of unbranched alkanes of at least 4 members (excludes halogenated alkanes) is 1. The fraction of sp³-hybridized carbons (Fsp3) is 0.909. The van der Waals surface area contributed by atoms with Crippen molar-refractivity contribution in [3.63, 3.8) is 0 Å². The van der Waals surface area contributed by atoms with Gasteiger partial charge in [0.25, 0.3) is 0 Å². The summed E-state index contributed by atoms with van der Waals surface area (Å²) in [6.07, 6.45) is 4.59. The van der Waals surface area contributed by atoms with E-state index in [2.05, 4.69) is 5.32 Å². The number of carbonyl (C=O) groups excluding carboxylic acids is 1. The van der Waals surface area contributed by atoms with Crippen molar-refractivity contribution in [2.45, 2.75) is 32.1 Å². The molecule has 0 spiro atoms. The fourth-order valence-electron chi connectivity index (χ4n) is 1.73. The maximum atomic E-state index is 11.4. The molecule has 0 aromatic carbocycles. The zero-order valence-corrected chi connectivity index (χ0v) is 9.34. The number of carbonyl (C=O) groups is 1. The van der Waals surface area contributed by atoms with E-state index in [1.165, 1.54) is 0 Å². The first-order valence-electron chi connectivity index (χ1n) is 5.87. The molecule has 0 unspecified atom stereocenters. The highest BCUT2D eigenvalue weighted by Crippen LogP contribution is 2.13. The van der Waals surface area contributed by atoms with Gasteiger partial charge in [0, 0.05) is 26.2 Å². The first-order chi connectivity index (χ1) is 7.33. The summed E-state index contributed by atoms with van der Waals surface area (Å²) in [5, 5.41) is 2.98. The lowest BCUT2D eigenvalue weighted by molar-refractivity contribution is -0.121. The number of ether oxygens (including phenoxy) is 1. The number of rotatable bonds is 6. The van der Waals surface area contributed by atoms with Gasteiger partial charge in [-0.25, -0.2) is 0 Å². The van der Waals surface area contributed by atoms with E-state index in [-0.39, 0.29) is 5.91 Å². The molecule has 1 saturated heterocycles. The first kappa shape index (κ1) is 12.5. The zero-order valence-electron chi connectivity index (χ0n) is 9.34. The summed E-state index contributed by atoms with van der Waals surface area (Å²) < 4.78 is 5.26. The number of nitrogens with two attached hydrogens (primary N) is 1. The molecule has 4 nitrogen and oxygen atoms in total. The van der Waals surface area contributed by atoms with Gasteiger partial charge in [-0.3, -0.25) is 4.79 Å². The number of hydrogen-bond acceptors (Lipinski definition) is 3. The van der Waals surface area contributed by atoms with E-state index in [0.717, 1.165) is 45.4 Å². The van der Waals surface area contributed by atoms with Gasteiger partial charge in [-0.2, -0.15) is 0 Å². The maximum Gasteiger partial charge on any atom is 0.220 e. The van der Waals surface area contributed by atoms with Crippen LogP contribution in [-0.2, 0) is 9.53 Å². The monoisotopic (exact) mass is 214 g/mol. The molecule has 0 bridgehead atoms. The minimum atomic E-state index is 0.162. The fourth-order valence-corrected chi connectivity index (χ4v) is 1.73. The van der Waals surface area contributed by atoms with Crippen molar-refractivity contribution in [3.05, 3.63) is 0 Å². The van der Waals surface area contributed by atoms with Gasteiger partial charge in [0.2, 0.25) is 5.91 Å². The largest absolute Gasteiger partial charge is 0.381 e. The van der Waals surface area contributed by atoms with Crippen LogP contribution in [0.1, 0.15) is 32.1 Å². The zero-order chi connectivity index (χ0) is 10.9. The Balaban J connectivity index is 2.00. The number of nitrogens with one attached hydrogen (secondary N) is 1. The lowest BCUT2D eigenvalue weighted by Gasteiger charge is -2.22. The molecule has 1 fully saturated rings. The molecular weight excluding hydrogens is 192 g/mol. The summed E-state index contributed by atoms with van der Waals surface area (Å²) in [7, 11) is 0. The average Bonchev–Trinajstić information content (AvgIpc) is 2.28. The van der Waals surface area contributed by atoms with Crippen molar-refractivity contribution in [1.29, 1.82) is 0 Å². The normalized spacial score (nSPS) is 17.7.